The maximum absolute atomic E-state index is 8.94. The Labute approximate surface area is 124 Å². The molecule has 1 N–H and O–H groups in total. The minimum atomic E-state index is 0.147. The van der Waals surface area contributed by atoms with Gasteiger partial charge in [0.1, 0.15) is 5.82 Å². The SMILES string of the molecule is CC(C)(C)c1ccc(-c2nc3ccc(C#N)cc3[nH]2)cc1. The van der Waals surface area contributed by atoms with Crippen LogP contribution in [0.3, 0.4) is 0 Å². The van der Waals surface area contributed by atoms with Crippen LogP contribution < -0.4 is 0 Å². The van der Waals surface area contributed by atoms with Gasteiger partial charge in [0.2, 0.25) is 0 Å². The molecule has 0 radical (unpaired) electrons. The molecule has 3 aromatic rings. The van der Waals surface area contributed by atoms with Crippen LogP contribution in [0.4, 0.5) is 0 Å². The molecule has 0 bridgehead atoms. The van der Waals surface area contributed by atoms with Crippen molar-refractivity contribution in [3.8, 4) is 17.5 Å². The van der Waals surface area contributed by atoms with Gasteiger partial charge in [0, 0.05) is 5.56 Å². The lowest BCUT2D eigenvalue weighted by Crippen LogP contribution is -2.10. The van der Waals surface area contributed by atoms with E-state index in [1.165, 1.54) is 5.56 Å². The van der Waals surface area contributed by atoms with Crippen LogP contribution in [0, 0.1) is 11.3 Å². The standard InChI is InChI=1S/C18H17N3/c1-18(2,3)14-7-5-13(6-8-14)17-20-15-9-4-12(11-19)10-16(15)21-17/h4-10H,1-3H3,(H,20,21). The topological polar surface area (TPSA) is 52.5 Å². The number of hydrogen-bond acceptors (Lipinski definition) is 2. The van der Waals surface area contributed by atoms with Crippen LogP contribution in [0.25, 0.3) is 22.4 Å². The lowest BCUT2D eigenvalue weighted by atomic mass is 9.87. The van der Waals surface area contributed by atoms with Gasteiger partial charge in [-0.2, -0.15) is 5.26 Å². The van der Waals surface area contributed by atoms with Crippen LogP contribution >= 0.6 is 0 Å². The molecule has 0 amide bonds. The number of fused-ring (bicyclic) bond motifs is 1. The Balaban J connectivity index is 2.02. The van der Waals surface area contributed by atoms with Crippen molar-refractivity contribution >= 4 is 11.0 Å². The number of H-pyrrole nitrogens is 1. The van der Waals surface area contributed by atoms with E-state index in [1.54, 1.807) is 6.07 Å². The molecule has 104 valence electrons. The Kier molecular flexibility index (Phi) is 3.03. The van der Waals surface area contributed by atoms with Crippen molar-refractivity contribution in [2.24, 2.45) is 0 Å². The Bertz CT molecular complexity index is 828. The number of rotatable bonds is 1. The fraction of sp³-hybridized carbons (Fsp3) is 0.222. The predicted octanol–water partition coefficient (Wildman–Crippen LogP) is 4.40. The highest BCUT2D eigenvalue weighted by Crippen LogP contribution is 2.26. The number of benzene rings is 2. The number of hydrogen-bond donors (Lipinski definition) is 1. The van der Waals surface area contributed by atoms with Gasteiger partial charge in [-0.15, -0.1) is 0 Å². The normalized spacial score (nSPS) is 11.5. The average Bonchev–Trinajstić information content (AvgIpc) is 2.89. The minimum absolute atomic E-state index is 0.147. The van der Waals surface area contributed by atoms with Crippen molar-refractivity contribution in [2.75, 3.05) is 0 Å². The summed E-state index contributed by atoms with van der Waals surface area (Å²) in [5.74, 6) is 0.834. The zero-order valence-electron chi connectivity index (χ0n) is 12.4. The Morgan fingerprint density at radius 2 is 1.76 bits per heavy atom. The molecule has 0 unspecified atom stereocenters. The van der Waals surface area contributed by atoms with Crippen LogP contribution in [-0.4, -0.2) is 9.97 Å². The Hall–Kier alpha value is -2.60. The third-order valence-electron chi connectivity index (χ3n) is 3.64. The summed E-state index contributed by atoms with van der Waals surface area (Å²) in [7, 11) is 0. The van der Waals surface area contributed by atoms with E-state index in [0.717, 1.165) is 22.4 Å². The fourth-order valence-electron chi connectivity index (χ4n) is 2.34. The molecule has 3 nitrogen and oxygen atoms in total. The third kappa shape index (κ3) is 2.53. The average molecular weight is 275 g/mol. The zero-order valence-corrected chi connectivity index (χ0v) is 12.4. The molecule has 0 aliphatic rings. The molecule has 3 rings (SSSR count). The van der Waals surface area contributed by atoms with Gasteiger partial charge in [0.05, 0.1) is 22.7 Å². The molecule has 21 heavy (non-hydrogen) atoms. The van der Waals surface area contributed by atoms with E-state index in [9.17, 15) is 0 Å². The van der Waals surface area contributed by atoms with Gasteiger partial charge in [0.15, 0.2) is 0 Å². The first-order valence-corrected chi connectivity index (χ1v) is 6.98. The minimum Gasteiger partial charge on any atom is -0.338 e. The van der Waals surface area contributed by atoms with Crippen LogP contribution in [0.1, 0.15) is 31.9 Å². The molecular weight excluding hydrogens is 258 g/mol. The Morgan fingerprint density at radius 1 is 1.05 bits per heavy atom. The van der Waals surface area contributed by atoms with Crippen molar-refractivity contribution in [1.29, 1.82) is 5.26 Å². The predicted molar refractivity (Wildman–Crippen MR) is 84.9 cm³/mol. The van der Waals surface area contributed by atoms with Crippen molar-refractivity contribution in [3.05, 3.63) is 53.6 Å². The van der Waals surface area contributed by atoms with Crippen LogP contribution in [0.2, 0.25) is 0 Å². The van der Waals surface area contributed by atoms with Crippen LogP contribution in [0.5, 0.6) is 0 Å². The monoisotopic (exact) mass is 275 g/mol. The molecule has 0 saturated carbocycles. The van der Waals surface area contributed by atoms with Gasteiger partial charge in [0.25, 0.3) is 0 Å². The van der Waals surface area contributed by atoms with Gasteiger partial charge in [-0.25, -0.2) is 4.98 Å². The first kappa shape index (κ1) is 13.4. The molecule has 3 heteroatoms. The number of imidazole rings is 1. The highest BCUT2D eigenvalue weighted by atomic mass is 14.9. The summed E-state index contributed by atoms with van der Waals surface area (Å²) in [6, 6.07) is 16.1. The third-order valence-corrected chi connectivity index (χ3v) is 3.64. The number of aromatic nitrogens is 2. The second kappa shape index (κ2) is 4.75. The summed E-state index contributed by atoms with van der Waals surface area (Å²) in [5, 5.41) is 8.94. The van der Waals surface area contributed by atoms with Crippen molar-refractivity contribution in [1.82, 2.24) is 9.97 Å². The van der Waals surface area contributed by atoms with Gasteiger partial charge < -0.3 is 4.98 Å². The second-order valence-electron chi connectivity index (χ2n) is 6.26. The summed E-state index contributed by atoms with van der Waals surface area (Å²) >= 11 is 0. The Morgan fingerprint density at radius 3 is 2.38 bits per heavy atom. The summed E-state index contributed by atoms with van der Waals surface area (Å²) in [6.45, 7) is 6.60. The first-order valence-electron chi connectivity index (χ1n) is 6.98. The molecule has 1 aromatic heterocycles. The first-order chi connectivity index (χ1) is 9.97. The molecule has 0 saturated heterocycles. The molecule has 0 aliphatic heterocycles. The van der Waals surface area contributed by atoms with Crippen LogP contribution in [0.15, 0.2) is 42.5 Å². The van der Waals surface area contributed by atoms with Crippen molar-refractivity contribution in [3.63, 3.8) is 0 Å². The second-order valence-corrected chi connectivity index (χ2v) is 6.26. The van der Waals surface area contributed by atoms with E-state index < -0.39 is 0 Å². The highest BCUT2D eigenvalue weighted by Gasteiger charge is 2.13. The fourth-order valence-corrected chi connectivity index (χ4v) is 2.34. The van der Waals surface area contributed by atoms with E-state index in [4.69, 9.17) is 5.26 Å². The molecule has 0 spiro atoms. The summed E-state index contributed by atoms with van der Waals surface area (Å²) in [5.41, 5.74) is 4.91. The van der Waals surface area contributed by atoms with Gasteiger partial charge in [-0.3, -0.25) is 0 Å². The number of nitrogens with zero attached hydrogens (tertiary/aromatic N) is 2. The summed E-state index contributed by atoms with van der Waals surface area (Å²) in [4.78, 5) is 7.87. The molecule has 2 aromatic carbocycles. The van der Waals surface area contributed by atoms with Gasteiger partial charge >= 0.3 is 0 Å². The van der Waals surface area contributed by atoms with Gasteiger partial charge in [-0.05, 0) is 29.2 Å². The molecule has 0 aliphatic carbocycles. The van der Waals surface area contributed by atoms with Crippen molar-refractivity contribution < 1.29 is 0 Å². The molecule has 0 fully saturated rings. The summed E-state index contributed by atoms with van der Waals surface area (Å²) < 4.78 is 0. The highest BCUT2D eigenvalue weighted by molar-refractivity contribution is 5.80. The van der Waals surface area contributed by atoms with E-state index in [0.29, 0.717) is 5.56 Å². The smallest absolute Gasteiger partial charge is 0.138 e. The quantitative estimate of drug-likeness (QED) is 0.715. The van der Waals surface area contributed by atoms with E-state index in [-0.39, 0.29) is 5.41 Å². The summed E-state index contributed by atoms with van der Waals surface area (Å²) in [6.07, 6.45) is 0. The molecular formula is C18H17N3. The lowest BCUT2D eigenvalue weighted by molar-refractivity contribution is 0.590. The van der Waals surface area contributed by atoms with E-state index in [2.05, 4.69) is 61.1 Å². The maximum Gasteiger partial charge on any atom is 0.138 e. The lowest BCUT2D eigenvalue weighted by Gasteiger charge is -2.18. The molecule has 1 heterocycles. The van der Waals surface area contributed by atoms with Crippen molar-refractivity contribution in [2.45, 2.75) is 26.2 Å². The van der Waals surface area contributed by atoms with E-state index >= 15 is 0 Å². The number of nitriles is 1. The zero-order chi connectivity index (χ0) is 15.0. The van der Waals surface area contributed by atoms with Gasteiger partial charge in [-0.1, -0.05) is 45.0 Å². The molecule has 0 atom stereocenters. The number of aromatic amines is 1. The maximum atomic E-state index is 8.94. The van der Waals surface area contributed by atoms with Crippen LogP contribution in [-0.2, 0) is 5.41 Å². The largest absolute Gasteiger partial charge is 0.338 e. The van der Waals surface area contributed by atoms with E-state index in [1.807, 2.05) is 12.1 Å². The number of nitrogens with one attached hydrogen (secondary N) is 1.